The van der Waals surface area contributed by atoms with Crippen molar-refractivity contribution in [3.05, 3.63) is 18.2 Å². The summed E-state index contributed by atoms with van der Waals surface area (Å²) in [5, 5.41) is 0. The van der Waals surface area contributed by atoms with E-state index in [0.29, 0.717) is 17.9 Å². The van der Waals surface area contributed by atoms with Gasteiger partial charge in [-0.2, -0.15) is 0 Å². The van der Waals surface area contributed by atoms with E-state index in [-0.39, 0.29) is 0 Å². The highest BCUT2D eigenvalue weighted by atomic mass is 16.5. The number of ether oxygens (including phenoxy) is 1. The second-order valence-electron chi connectivity index (χ2n) is 1.69. The van der Waals surface area contributed by atoms with Crippen molar-refractivity contribution < 1.29 is 9.53 Å². The van der Waals surface area contributed by atoms with E-state index in [1.807, 2.05) is 0 Å². The highest BCUT2D eigenvalue weighted by Crippen LogP contribution is 2.09. The predicted molar refractivity (Wildman–Crippen MR) is 33.5 cm³/mol. The fourth-order valence-electron chi connectivity index (χ4n) is 0.546. The molecule has 1 aromatic rings. The summed E-state index contributed by atoms with van der Waals surface area (Å²) in [5.74, 6) is 0.400. The van der Waals surface area contributed by atoms with E-state index in [2.05, 4.69) is 14.7 Å². The molecule has 0 bridgehead atoms. The molecule has 0 N–H and O–H groups in total. The van der Waals surface area contributed by atoms with Gasteiger partial charge < -0.3 is 4.74 Å². The first-order valence-corrected chi connectivity index (χ1v) is 2.71. The normalized spacial score (nSPS) is 8.90. The standard InChI is InChI=1S/C6H6N2O2/c1-5-6(10-4-9)2-7-3-8-5/h2-4H,1H3. The van der Waals surface area contributed by atoms with E-state index in [4.69, 9.17) is 0 Å². The van der Waals surface area contributed by atoms with Crippen LogP contribution in [0, 0.1) is 6.92 Å². The van der Waals surface area contributed by atoms with Gasteiger partial charge in [-0.05, 0) is 6.92 Å². The molecule has 0 aliphatic rings. The van der Waals surface area contributed by atoms with Crippen molar-refractivity contribution in [2.45, 2.75) is 6.92 Å². The van der Waals surface area contributed by atoms with Gasteiger partial charge in [0.15, 0.2) is 5.75 Å². The molecule has 0 spiro atoms. The monoisotopic (exact) mass is 138 g/mol. The van der Waals surface area contributed by atoms with Crippen LogP contribution in [0.15, 0.2) is 12.5 Å². The Morgan fingerprint density at radius 1 is 1.70 bits per heavy atom. The summed E-state index contributed by atoms with van der Waals surface area (Å²) in [4.78, 5) is 17.3. The van der Waals surface area contributed by atoms with Crippen LogP contribution >= 0.6 is 0 Å². The van der Waals surface area contributed by atoms with Gasteiger partial charge in [-0.25, -0.2) is 9.97 Å². The van der Waals surface area contributed by atoms with Crippen LogP contribution in [0.1, 0.15) is 5.69 Å². The first-order valence-electron chi connectivity index (χ1n) is 2.71. The Kier molecular flexibility index (Phi) is 1.94. The summed E-state index contributed by atoms with van der Waals surface area (Å²) in [6.07, 6.45) is 2.84. The van der Waals surface area contributed by atoms with Gasteiger partial charge in [0.2, 0.25) is 0 Å². The number of aromatic nitrogens is 2. The second kappa shape index (κ2) is 2.91. The zero-order valence-electron chi connectivity index (χ0n) is 5.44. The van der Waals surface area contributed by atoms with E-state index >= 15 is 0 Å². The van der Waals surface area contributed by atoms with Crippen molar-refractivity contribution >= 4 is 6.47 Å². The highest BCUT2D eigenvalue weighted by Gasteiger charge is 1.96. The average molecular weight is 138 g/mol. The van der Waals surface area contributed by atoms with E-state index in [1.54, 1.807) is 6.92 Å². The number of carbonyl (C=O) groups excluding carboxylic acids is 1. The molecule has 1 heterocycles. The van der Waals surface area contributed by atoms with E-state index < -0.39 is 0 Å². The molecule has 0 saturated carbocycles. The molecule has 0 aliphatic carbocycles. The van der Waals surface area contributed by atoms with Crippen molar-refractivity contribution in [1.82, 2.24) is 9.97 Å². The third-order valence-electron chi connectivity index (χ3n) is 1.04. The van der Waals surface area contributed by atoms with Crippen molar-refractivity contribution in [1.29, 1.82) is 0 Å². The minimum absolute atomic E-state index is 0.353. The summed E-state index contributed by atoms with van der Waals surface area (Å²) in [5.41, 5.74) is 0.655. The molecular weight excluding hydrogens is 132 g/mol. The van der Waals surface area contributed by atoms with Crippen molar-refractivity contribution in [3.8, 4) is 5.75 Å². The van der Waals surface area contributed by atoms with E-state index in [9.17, 15) is 4.79 Å². The van der Waals surface area contributed by atoms with Crippen LogP contribution in [0.4, 0.5) is 0 Å². The lowest BCUT2D eigenvalue weighted by Crippen LogP contribution is -1.93. The number of hydrogen-bond acceptors (Lipinski definition) is 4. The lowest BCUT2D eigenvalue weighted by atomic mass is 10.4. The summed E-state index contributed by atoms with van der Waals surface area (Å²) in [7, 11) is 0. The van der Waals surface area contributed by atoms with Crippen LogP contribution < -0.4 is 4.74 Å². The third-order valence-corrected chi connectivity index (χ3v) is 1.04. The van der Waals surface area contributed by atoms with Crippen LogP contribution in [0.5, 0.6) is 5.75 Å². The third kappa shape index (κ3) is 1.28. The molecule has 1 rings (SSSR count). The van der Waals surface area contributed by atoms with Crippen LogP contribution in [-0.4, -0.2) is 16.4 Å². The fourth-order valence-corrected chi connectivity index (χ4v) is 0.546. The van der Waals surface area contributed by atoms with Crippen LogP contribution in [0.25, 0.3) is 0 Å². The van der Waals surface area contributed by atoms with E-state index in [1.165, 1.54) is 12.5 Å². The largest absolute Gasteiger partial charge is 0.425 e. The maximum atomic E-state index is 9.85. The molecule has 4 nitrogen and oxygen atoms in total. The Hall–Kier alpha value is -1.45. The zero-order valence-corrected chi connectivity index (χ0v) is 5.44. The summed E-state index contributed by atoms with van der Waals surface area (Å²) in [6.45, 7) is 2.09. The van der Waals surface area contributed by atoms with Crippen molar-refractivity contribution in [2.24, 2.45) is 0 Å². The topological polar surface area (TPSA) is 52.1 Å². The SMILES string of the molecule is Cc1ncncc1OC=O. The van der Waals surface area contributed by atoms with Crippen LogP contribution in [0.3, 0.4) is 0 Å². The molecule has 0 unspecified atom stereocenters. The first kappa shape index (κ1) is 6.67. The van der Waals surface area contributed by atoms with Gasteiger partial charge >= 0.3 is 0 Å². The maximum Gasteiger partial charge on any atom is 0.298 e. The lowest BCUT2D eigenvalue weighted by molar-refractivity contribution is -0.120. The molecule has 0 fully saturated rings. The van der Waals surface area contributed by atoms with Crippen LogP contribution in [-0.2, 0) is 4.79 Å². The summed E-state index contributed by atoms with van der Waals surface area (Å²) in [6, 6.07) is 0. The number of hydrogen-bond donors (Lipinski definition) is 0. The maximum absolute atomic E-state index is 9.85. The van der Waals surface area contributed by atoms with Gasteiger partial charge in [0, 0.05) is 0 Å². The molecule has 0 radical (unpaired) electrons. The van der Waals surface area contributed by atoms with Gasteiger partial charge in [0.05, 0.1) is 11.9 Å². The lowest BCUT2D eigenvalue weighted by Gasteiger charge is -1.97. The number of aryl methyl sites for hydroxylation is 1. The smallest absolute Gasteiger partial charge is 0.298 e. The Balaban J connectivity index is 2.91. The van der Waals surface area contributed by atoms with Gasteiger partial charge in [-0.15, -0.1) is 0 Å². The molecule has 4 heteroatoms. The molecule has 0 atom stereocenters. The molecule has 1 aromatic heterocycles. The summed E-state index contributed by atoms with van der Waals surface area (Å²) >= 11 is 0. The minimum Gasteiger partial charge on any atom is -0.425 e. The number of rotatable bonds is 2. The number of carbonyl (C=O) groups is 1. The molecule has 10 heavy (non-hydrogen) atoms. The Morgan fingerprint density at radius 3 is 3.10 bits per heavy atom. The first-order chi connectivity index (χ1) is 4.84. The Morgan fingerprint density at radius 2 is 2.50 bits per heavy atom. The van der Waals surface area contributed by atoms with Gasteiger partial charge in [0.25, 0.3) is 6.47 Å². The molecule has 0 saturated heterocycles. The second-order valence-corrected chi connectivity index (χ2v) is 1.69. The number of nitrogens with zero attached hydrogens (tertiary/aromatic N) is 2. The molecule has 0 aliphatic heterocycles. The molecule has 52 valence electrons. The zero-order chi connectivity index (χ0) is 7.40. The fraction of sp³-hybridized carbons (Fsp3) is 0.167. The molecule has 0 amide bonds. The Labute approximate surface area is 57.9 Å². The van der Waals surface area contributed by atoms with Gasteiger partial charge in [0.1, 0.15) is 6.33 Å². The van der Waals surface area contributed by atoms with Crippen molar-refractivity contribution in [3.63, 3.8) is 0 Å². The summed E-state index contributed by atoms with van der Waals surface area (Å²) < 4.78 is 4.53. The Bertz CT molecular complexity index is 237. The van der Waals surface area contributed by atoms with Gasteiger partial charge in [-0.1, -0.05) is 0 Å². The average Bonchev–Trinajstić information content (AvgIpc) is 1.94. The van der Waals surface area contributed by atoms with E-state index in [0.717, 1.165) is 0 Å². The molecular formula is C6H6N2O2. The van der Waals surface area contributed by atoms with Gasteiger partial charge in [-0.3, -0.25) is 4.79 Å². The molecule has 0 aromatic carbocycles. The minimum atomic E-state index is 0.353. The van der Waals surface area contributed by atoms with Crippen molar-refractivity contribution in [2.75, 3.05) is 0 Å². The highest BCUT2D eigenvalue weighted by molar-refractivity contribution is 5.45. The quantitative estimate of drug-likeness (QED) is 0.552. The van der Waals surface area contributed by atoms with Crippen LogP contribution in [0.2, 0.25) is 0 Å². The predicted octanol–water partition coefficient (Wildman–Crippen LogP) is 0.320.